The second kappa shape index (κ2) is 7.82. The minimum atomic E-state index is -0.768. The molecule has 0 aliphatic carbocycles. The van der Waals surface area contributed by atoms with E-state index in [4.69, 9.17) is 9.47 Å². The van der Waals surface area contributed by atoms with Gasteiger partial charge in [-0.2, -0.15) is 0 Å². The molecule has 7 nitrogen and oxygen atoms in total. The minimum Gasteiger partial charge on any atom is -0.454 e. The Hall–Kier alpha value is -3.75. The molecule has 0 bridgehead atoms. The summed E-state index contributed by atoms with van der Waals surface area (Å²) in [5, 5.41) is 0. The number of fused-ring (bicyclic) bond motifs is 1. The second-order valence-electron chi connectivity index (χ2n) is 7.25. The van der Waals surface area contributed by atoms with Crippen molar-refractivity contribution < 1.29 is 23.0 Å². The molecule has 2 aromatic carbocycles. The number of hydrogen-bond acceptors (Lipinski definition) is 6. The molecule has 158 valence electrons. The Labute approximate surface area is 176 Å². The van der Waals surface area contributed by atoms with Crippen molar-refractivity contribution in [3.63, 3.8) is 0 Å². The lowest BCUT2D eigenvalue weighted by atomic mass is 10.1. The average Bonchev–Trinajstić information content (AvgIpc) is 3.26. The highest BCUT2D eigenvalue weighted by molar-refractivity contribution is 5.94. The third-order valence-electron chi connectivity index (χ3n) is 5.27. The van der Waals surface area contributed by atoms with E-state index in [-0.39, 0.29) is 12.4 Å². The first-order chi connectivity index (χ1) is 15.1. The van der Waals surface area contributed by atoms with Gasteiger partial charge in [0.2, 0.25) is 12.7 Å². The number of benzene rings is 2. The number of nitrogens with zero attached hydrogens (tertiary/aromatic N) is 4. The highest BCUT2D eigenvalue weighted by Crippen LogP contribution is 2.35. The van der Waals surface area contributed by atoms with Gasteiger partial charge in [-0.05, 0) is 36.4 Å². The van der Waals surface area contributed by atoms with E-state index in [9.17, 15) is 13.6 Å². The summed E-state index contributed by atoms with van der Waals surface area (Å²) in [6, 6.07) is 10.3. The normalized spacial score (nSPS) is 15.3. The van der Waals surface area contributed by atoms with Crippen molar-refractivity contribution in [2.75, 3.05) is 37.9 Å². The monoisotopic (exact) mass is 424 g/mol. The van der Waals surface area contributed by atoms with Crippen LogP contribution in [0.15, 0.2) is 48.7 Å². The number of ether oxygens (including phenoxy) is 2. The number of amides is 1. The molecule has 0 atom stereocenters. The summed E-state index contributed by atoms with van der Waals surface area (Å²) in [6.45, 7) is 2.02. The molecule has 0 saturated carbocycles. The molecule has 2 aliphatic rings. The molecule has 0 unspecified atom stereocenters. The molecule has 0 radical (unpaired) electrons. The van der Waals surface area contributed by atoms with E-state index < -0.39 is 17.5 Å². The first-order valence-corrected chi connectivity index (χ1v) is 9.80. The van der Waals surface area contributed by atoms with Gasteiger partial charge in [0.25, 0.3) is 5.91 Å². The summed E-state index contributed by atoms with van der Waals surface area (Å²) in [6.07, 6.45) is 1.69. The standard InChI is InChI=1S/C22H18F2N4O3/c23-16-9-15(10-17(24)12-16)21(29)27-5-7-28(8-6-27)22-25-4-3-18(26-22)14-1-2-19-20(11-14)31-13-30-19/h1-4,9-12H,5-8,13H2. The van der Waals surface area contributed by atoms with Crippen LogP contribution in [0.5, 0.6) is 11.5 Å². The van der Waals surface area contributed by atoms with Crippen molar-refractivity contribution in [2.24, 2.45) is 0 Å². The molecular formula is C22H18F2N4O3. The molecule has 3 heterocycles. The van der Waals surface area contributed by atoms with Gasteiger partial charge < -0.3 is 19.3 Å². The van der Waals surface area contributed by atoms with Crippen LogP contribution in [-0.2, 0) is 0 Å². The van der Waals surface area contributed by atoms with E-state index in [2.05, 4.69) is 9.97 Å². The van der Waals surface area contributed by atoms with Crippen LogP contribution in [0, 0.1) is 11.6 Å². The second-order valence-corrected chi connectivity index (χ2v) is 7.25. The molecule has 1 saturated heterocycles. The maximum atomic E-state index is 13.4. The minimum absolute atomic E-state index is 0.00649. The zero-order valence-electron chi connectivity index (χ0n) is 16.4. The van der Waals surface area contributed by atoms with Gasteiger partial charge in [0.1, 0.15) is 11.6 Å². The topological polar surface area (TPSA) is 67.8 Å². The number of aromatic nitrogens is 2. The molecule has 9 heteroatoms. The number of rotatable bonds is 3. The van der Waals surface area contributed by atoms with Gasteiger partial charge in [0, 0.05) is 49.6 Å². The summed E-state index contributed by atoms with van der Waals surface area (Å²) in [5.41, 5.74) is 1.64. The van der Waals surface area contributed by atoms with Crippen molar-refractivity contribution in [1.82, 2.24) is 14.9 Å². The van der Waals surface area contributed by atoms with Crippen LogP contribution in [0.2, 0.25) is 0 Å². The predicted molar refractivity (Wildman–Crippen MR) is 108 cm³/mol. The molecule has 1 aromatic heterocycles. The van der Waals surface area contributed by atoms with Gasteiger partial charge >= 0.3 is 0 Å². The predicted octanol–water partition coefficient (Wildman–Crippen LogP) is 3.11. The summed E-state index contributed by atoms with van der Waals surface area (Å²) in [4.78, 5) is 25.2. The average molecular weight is 424 g/mol. The molecule has 31 heavy (non-hydrogen) atoms. The first kappa shape index (κ1) is 19.2. The Balaban J connectivity index is 1.29. The summed E-state index contributed by atoms with van der Waals surface area (Å²) >= 11 is 0. The molecule has 5 rings (SSSR count). The smallest absolute Gasteiger partial charge is 0.254 e. The Morgan fingerprint density at radius 2 is 1.65 bits per heavy atom. The number of halogens is 2. The Kier molecular flexibility index (Phi) is 4.85. The summed E-state index contributed by atoms with van der Waals surface area (Å²) in [7, 11) is 0. The summed E-state index contributed by atoms with van der Waals surface area (Å²) in [5.74, 6) is 0.00848. The van der Waals surface area contributed by atoms with Gasteiger partial charge in [-0.1, -0.05) is 0 Å². The third-order valence-corrected chi connectivity index (χ3v) is 5.27. The molecule has 3 aromatic rings. The zero-order chi connectivity index (χ0) is 21.4. The Bertz CT molecular complexity index is 1130. The fraction of sp³-hybridized carbons (Fsp3) is 0.227. The summed E-state index contributed by atoms with van der Waals surface area (Å²) < 4.78 is 37.7. The molecule has 0 spiro atoms. The van der Waals surface area contributed by atoms with Gasteiger partial charge in [-0.15, -0.1) is 0 Å². The van der Waals surface area contributed by atoms with E-state index in [0.29, 0.717) is 43.6 Å². The van der Waals surface area contributed by atoms with Crippen LogP contribution >= 0.6 is 0 Å². The van der Waals surface area contributed by atoms with E-state index in [1.165, 1.54) is 0 Å². The van der Waals surface area contributed by atoms with E-state index in [1.807, 2.05) is 29.2 Å². The third kappa shape index (κ3) is 3.86. The van der Waals surface area contributed by atoms with Crippen LogP contribution in [0.4, 0.5) is 14.7 Å². The van der Waals surface area contributed by atoms with Crippen molar-refractivity contribution in [3.8, 4) is 22.8 Å². The highest BCUT2D eigenvalue weighted by Gasteiger charge is 2.24. The quantitative estimate of drug-likeness (QED) is 0.644. The maximum absolute atomic E-state index is 13.4. The maximum Gasteiger partial charge on any atom is 0.254 e. The van der Waals surface area contributed by atoms with Crippen LogP contribution in [0.1, 0.15) is 10.4 Å². The van der Waals surface area contributed by atoms with Crippen molar-refractivity contribution in [3.05, 3.63) is 65.9 Å². The number of hydrogen-bond donors (Lipinski definition) is 0. The van der Waals surface area contributed by atoms with Gasteiger partial charge in [0.05, 0.1) is 5.69 Å². The van der Waals surface area contributed by atoms with Gasteiger partial charge in [-0.3, -0.25) is 4.79 Å². The molecule has 2 aliphatic heterocycles. The largest absolute Gasteiger partial charge is 0.454 e. The molecule has 1 amide bonds. The van der Waals surface area contributed by atoms with Crippen molar-refractivity contribution >= 4 is 11.9 Å². The number of piperazine rings is 1. The van der Waals surface area contributed by atoms with Gasteiger partial charge in [-0.25, -0.2) is 18.7 Å². The highest BCUT2D eigenvalue weighted by atomic mass is 19.1. The van der Waals surface area contributed by atoms with Crippen molar-refractivity contribution in [2.45, 2.75) is 0 Å². The fourth-order valence-corrected chi connectivity index (χ4v) is 3.69. The van der Waals surface area contributed by atoms with E-state index >= 15 is 0 Å². The Morgan fingerprint density at radius 1 is 0.903 bits per heavy atom. The fourth-order valence-electron chi connectivity index (χ4n) is 3.69. The van der Waals surface area contributed by atoms with Crippen LogP contribution in [-0.4, -0.2) is 53.7 Å². The molecule has 1 fully saturated rings. The van der Waals surface area contributed by atoms with E-state index in [0.717, 1.165) is 29.5 Å². The lowest BCUT2D eigenvalue weighted by molar-refractivity contribution is 0.0745. The number of carbonyl (C=O) groups excluding carboxylic acids is 1. The SMILES string of the molecule is O=C(c1cc(F)cc(F)c1)N1CCN(c2nccc(-c3ccc4c(c3)OCO4)n2)CC1. The van der Waals surface area contributed by atoms with Crippen LogP contribution in [0.25, 0.3) is 11.3 Å². The zero-order valence-corrected chi connectivity index (χ0v) is 16.4. The number of carbonyl (C=O) groups is 1. The number of anilines is 1. The molecular weight excluding hydrogens is 406 g/mol. The first-order valence-electron chi connectivity index (χ1n) is 9.80. The van der Waals surface area contributed by atoms with Crippen molar-refractivity contribution in [1.29, 1.82) is 0 Å². The Morgan fingerprint density at radius 3 is 2.42 bits per heavy atom. The van der Waals surface area contributed by atoms with Crippen LogP contribution < -0.4 is 14.4 Å². The lowest BCUT2D eigenvalue weighted by Gasteiger charge is -2.34. The van der Waals surface area contributed by atoms with E-state index in [1.54, 1.807) is 11.1 Å². The van der Waals surface area contributed by atoms with Crippen LogP contribution in [0.3, 0.4) is 0 Å². The molecule has 0 N–H and O–H groups in total. The van der Waals surface area contributed by atoms with Gasteiger partial charge in [0.15, 0.2) is 11.5 Å². The lowest BCUT2D eigenvalue weighted by Crippen LogP contribution is -2.49.